The fraction of sp³-hybridized carbons (Fsp3) is 0.619. The highest BCUT2D eigenvalue weighted by molar-refractivity contribution is 5.95. The highest BCUT2D eigenvalue weighted by Gasteiger charge is 2.15. The number of guanidine groups is 1. The van der Waals surface area contributed by atoms with E-state index >= 15 is 0 Å². The second-order valence-electron chi connectivity index (χ2n) is 7.26. The van der Waals surface area contributed by atoms with Crippen LogP contribution in [0.1, 0.15) is 39.0 Å². The summed E-state index contributed by atoms with van der Waals surface area (Å²) in [6, 6.07) is 5.65. The number of nitrogens with zero attached hydrogens (tertiary/aromatic N) is 2. The molecule has 1 fully saturated rings. The molecule has 1 amide bonds. The van der Waals surface area contributed by atoms with E-state index in [-0.39, 0.29) is 12.5 Å². The van der Waals surface area contributed by atoms with Crippen LogP contribution in [0.3, 0.4) is 0 Å². The quantitative estimate of drug-likeness (QED) is 0.527. The lowest BCUT2D eigenvalue weighted by molar-refractivity contribution is -0.127. The minimum absolute atomic E-state index is 0.0384. The largest absolute Gasteiger partial charge is 0.493 e. The van der Waals surface area contributed by atoms with Crippen molar-refractivity contribution < 1.29 is 14.3 Å². The molecule has 0 saturated heterocycles. The highest BCUT2D eigenvalue weighted by Crippen LogP contribution is 2.30. The molecule has 28 heavy (non-hydrogen) atoms. The average Bonchev–Trinajstić information content (AvgIpc) is 2.71. The van der Waals surface area contributed by atoms with E-state index < -0.39 is 0 Å². The van der Waals surface area contributed by atoms with Crippen LogP contribution in [0.25, 0.3) is 0 Å². The number of aliphatic imine (C=N–C) groups is 1. The van der Waals surface area contributed by atoms with E-state index in [2.05, 4.69) is 15.6 Å². The van der Waals surface area contributed by atoms with E-state index in [0.29, 0.717) is 30.0 Å². The van der Waals surface area contributed by atoms with Gasteiger partial charge in [-0.25, -0.2) is 4.99 Å². The summed E-state index contributed by atoms with van der Waals surface area (Å²) in [5, 5.41) is 6.70. The first kappa shape index (κ1) is 21.9. The maximum absolute atomic E-state index is 12.0. The van der Waals surface area contributed by atoms with Crippen LogP contribution in [-0.2, 0) is 4.79 Å². The zero-order valence-corrected chi connectivity index (χ0v) is 17.6. The monoisotopic (exact) mass is 390 g/mol. The molecule has 7 heteroatoms. The molecule has 156 valence electrons. The number of carbonyl (C=O) groups excluding carboxylic acids is 1. The van der Waals surface area contributed by atoms with E-state index in [1.165, 1.54) is 32.1 Å². The summed E-state index contributed by atoms with van der Waals surface area (Å²) < 4.78 is 11.0. The lowest BCUT2D eigenvalue weighted by atomic mass is 9.89. The van der Waals surface area contributed by atoms with E-state index in [1.54, 1.807) is 26.1 Å². The van der Waals surface area contributed by atoms with E-state index in [0.717, 1.165) is 12.2 Å². The van der Waals surface area contributed by atoms with Crippen molar-refractivity contribution in [1.82, 2.24) is 10.2 Å². The number of hydrogen-bond acceptors (Lipinski definition) is 4. The predicted octanol–water partition coefficient (Wildman–Crippen LogP) is 3.12. The number of amides is 1. The lowest BCUT2D eigenvalue weighted by Gasteiger charge is -2.23. The van der Waals surface area contributed by atoms with Crippen molar-refractivity contribution in [2.24, 2.45) is 10.9 Å². The fourth-order valence-electron chi connectivity index (χ4n) is 3.22. The molecule has 1 aliphatic carbocycles. The molecule has 0 aliphatic heterocycles. The van der Waals surface area contributed by atoms with Gasteiger partial charge in [-0.3, -0.25) is 4.79 Å². The van der Waals surface area contributed by atoms with Crippen LogP contribution >= 0.6 is 0 Å². The van der Waals surface area contributed by atoms with Crippen LogP contribution in [0.2, 0.25) is 0 Å². The maximum Gasteiger partial charge on any atom is 0.243 e. The van der Waals surface area contributed by atoms with Gasteiger partial charge in [0.2, 0.25) is 5.91 Å². The first-order valence-electron chi connectivity index (χ1n) is 10.1. The van der Waals surface area contributed by atoms with Crippen molar-refractivity contribution in [2.45, 2.75) is 39.0 Å². The van der Waals surface area contributed by atoms with Gasteiger partial charge in [0.05, 0.1) is 13.7 Å². The Balaban J connectivity index is 2.09. The molecule has 1 aliphatic rings. The highest BCUT2D eigenvalue weighted by atomic mass is 16.5. The summed E-state index contributed by atoms with van der Waals surface area (Å²) in [5.41, 5.74) is 0.830. The van der Waals surface area contributed by atoms with Gasteiger partial charge in [0.25, 0.3) is 0 Å². The number of hydrogen-bond donors (Lipinski definition) is 2. The van der Waals surface area contributed by atoms with Crippen molar-refractivity contribution in [1.29, 1.82) is 0 Å². The Hall–Kier alpha value is -2.44. The molecule has 1 aromatic carbocycles. The number of benzene rings is 1. The van der Waals surface area contributed by atoms with Gasteiger partial charge in [0.15, 0.2) is 17.5 Å². The van der Waals surface area contributed by atoms with Gasteiger partial charge in [0, 0.05) is 32.4 Å². The second-order valence-corrected chi connectivity index (χ2v) is 7.26. The number of ether oxygens (including phenoxy) is 2. The van der Waals surface area contributed by atoms with Gasteiger partial charge in [-0.05, 0) is 37.8 Å². The molecular formula is C21H34N4O3. The van der Waals surface area contributed by atoms with Crippen LogP contribution in [0.4, 0.5) is 5.69 Å². The standard InChI is InChI=1S/C21H34N4O3/c1-5-28-19-13-17(11-12-18(19)27-4)24-21(23-15-20(26)25(2)3)22-14-16-9-7-6-8-10-16/h11-13,16H,5-10,14-15H2,1-4H3,(H2,22,23,24). The molecule has 0 atom stereocenters. The molecule has 1 aromatic rings. The second kappa shape index (κ2) is 11.4. The van der Waals surface area contributed by atoms with Crippen molar-refractivity contribution in [2.75, 3.05) is 46.2 Å². The summed E-state index contributed by atoms with van der Waals surface area (Å²) in [4.78, 5) is 18.0. The van der Waals surface area contributed by atoms with Gasteiger partial charge < -0.3 is 25.0 Å². The third kappa shape index (κ3) is 6.94. The Morgan fingerprint density at radius 1 is 1.21 bits per heavy atom. The molecule has 0 unspecified atom stereocenters. The van der Waals surface area contributed by atoms with Gasteiger partial charge in [0.1, 0.15) is 6.54 Å². The minimum Gasteiger partial charge on any atom is -0.493 e. The lowest BCUT2D eigenvalue weighted by Crippen LogP contribution is -2.36. The van der Waals surface area contributed by atoms with Crippen molar-refractivity contribution in [3.63, 3.8) is 0 Å². The number of rotatable bonds is 8. The first-order valence-corrected chi connectivity index (χ1v) is 10.1. The molecule has 2 rings (SSSR count). The number of anilines is 1. The molecule has 2 N–H and O–H groups in total. The minimum atomic E-state index is -0.0384. The Labute approximate surface area is 168 Å². The van der Waals surface area contributed by atoms with Crippen LogP contribution < -0.4 is 20.1 Å². The number of carbonyl (C=O) groups is 1. The molecule has 0 radical (unpaired) electrons. The molecule has 7 nitrogen and oxygen atoms in total. The predicted molar refractivity (Wildman–Crippen MR) is 113 cm³/mol. The third-order valence-corrected chi connectivity index (χ3v) is 4.88. The maximum atomic E-state index is 12.0. The number of likely N-dealkylation sites (N-methyl/N-ethyl adjacent to an activating group) is 1. The van der Waals surface area contributed by atoms with Gasteiger partial charge in [-0.15, -0.1) is 0 Å². The zero-order valence-electron chi connectivity index (χ0n) is 17.6. The molecule has 0 bridgehead atoms. The summed E-state index contributed by atoms with van der Waals surface area (Å²) >= 11 is 0. The summed E-state index contributed by atoms with van der Waals surface area (Å²) in [6.07, 6.45) is 6.41. The first-order chi connectivity index (χ1) is 13.5. The Morgan fingerprint density at radius 3 is 2.61 bits per heavy atom. The molecule has 0 heterocycles. The molecule has 0 aromatic heterocycles. The van der Waals surface area contributed by atoms with Crippen molar-refractivity contribution in [3.8, 4) is 11.5 Å². The average molecular weight is 391 g/mol. The van der Waals surface area contributed by atoms with Crippen LogP contribution in [-0.4, -0.2) is 57.7 Å². The van der Waals surface area contributed by atoms with Crippen molar-refractivity contribution in [3.05, 3.63) is 18.2 Å². The van der Waals surface area contributed by atoms with E-state index in [1.807, 2.05) is 25.1 Å². The Bertz CT molecular complexity index is 655. The fourth-order valence-corrected chi connectivity index (χ4v) is 3.22. The normalized spacial score (nSPS) is 15.1. The SMILES string of the molecule is CCOc1cc(NC(=NCC(=O)N(C)C)NCC2CCCCC2)ccc1OC. The van der Waals surface area contributed by atoms with Gasteiger partial charge >= 0.3 is 0 Å². The van der Waals surface area contributed by atoms with Gasteiger partial charge in [-0.2, -0.15) is 0 Å². The van der Waals surface area contributed by atoms with Crippen LogP contribution in [0.5, 0.6) is 11.5 Å². The molecule has 0 spiro atoms. The third-order valence-electron chi connectivity index (χ3n) is 4.88. The Kier molecular flexibility index (Phi) is 8.91. The molecule has 1 saturated carbocycles. The van der Waals surface area contributed by atoms with Crippen LogP contribution in [0.15, 0.2) is 23.2 Å². The van der Waals surface area contributed by atoms with E-state index in [9.17, 15) is 4.79 Å². The molecular weight excluding hydrogens is 356 g/mol. The summed E-state index contributed by atoms with van der Waals surface area (Å²) in [7, 11) is 5.09. The number of nitrogens with one attached hydrogen (secondary N) is 2. The van der Waals surface area contributed by atoms with E-state index in [4.69, 9.17) is 9.47 Å². The van der Waals surface area contributed by atoms with Crippen LogP contribution in [0, 0.1) is 5.92 Å². The summed E-state index contributed by atoms with van der Waals surface area (Å²) in [5.74, 6) is 2.58. The summed E-state index contributed by atoms with van der Waals surface area (Å²) in [6.45, 7) is 3.45. The topological polar surface area (TPSA) is 75.2 Å². The smallest absolute Gasteiger partial charge is 0.243 e. The number of methoxy groups -OCH3 is 1. The Morgan fingerprint density at radius 2 is 1.96 bits per heavy atom. The van der Waals surface area contributed by atoms with Crippen molar-refractivity contribution >= 4 is 17.6 Å². The zero-order chi connectivity index (χ0) is 20.4. The van der Waals surface area contributed by atoms with Gasteiger partial charge in [-0.1, -0.05) is 19.3 Å².